The van der Waals surface area contributed by atoms with Crippen LogP contribution in [0.3, 0.4) is 0 Å². The second kappa shape index (κ2) is 6.54. The summed E-state index contributed by atoms with van der Waals surface area (Å²) < 4.78 is 8.85. The molecule has 23 heavy (non-hydrogen) atoms. The fourth-order valence-electron chi connectivity index (χ4n) is 4.46. The van der Waals surface area contributed by atoms with Crippen molar-refractivity contribution in [1.29, 1.82) is 0 Å². The Morgan fingerprint density at radius 1 is 1.30 bits per heavy atom. The van der Waals surface area contributed by atoms with E-state index in [1.54, 1.807) is 0 Å². The highest BCUT2D eigenvalue weighted by atomic mass is 28.3. The molecule has 1 saturated carbocycles. The largest absolute Gasteiger partial charge is 0.395 e. The van der Waals surface area contributed by atoms with Gasteiger partial charge in [0.25, 0.3) is 0 Å². The van der Waals surface area contributed by atoms with Gasteiger partial charge in [-0.3, -0.25) is 4.90 Å². The van der Waals surface area contributed by atoms with Gasteiger partial charge >= 0.3 is 0 Å². The third-order valence-electron chi connectivity index (χ3n) is 5.43. The first-order valence-electron chi connectivity index (χ1n) is 9.48. The molecule has 2 aliphatic rings. The summed E-state index contributed by atoms with van der Waals surface area (Å²) in [5.74, 6) is 0. The number of hydrogen-bond acceptors (Lipinski definition) is 2. The van der Waals surface area contributed by atoms with Crippen LogP contribution in [-0.2, 0) is 6.54 Å². The Kier molecular flexibility index (Phi) is 4.44. The van der Waals surface area contributed by atoms with E-state index in [0.29, 0.717) is 6.04 Å². The van der Waals surface area contributed by atoms with Crippen LogP contribution in [0, 0.1) is 5.41 Å². The number of aliphatic hydroxyl groups excluding tert-OH is 1. The van der Waals surface area contributed by atoms with E-state index in [0.717, 1.165) is 31.6 Å². The van der Waals surface area contributed by atoms with Gasteiger partial charge in [0.15, 0.2) is 0 Å². The number of likely N-dealkylation sites (tertiary alicyclic amines) is 1. The average molecular weight is 331 g/mol. The maximum Gasteiger partial charge on any atom is 0.0687 e. The molecule has 2 nitrogen and oxygen atoms in total. The van der Waals surface area contributed by atoms with Crippen LogP contribution in [0.15, 0.2) is 41.6 Å². The van der Waals surface area contributed by atoms with Gasteiger partial charge in [-0.1, -0.05) is 74.1 Å². The lowest BCUT2D eigenvalue weighted by Gasteiger charge is -2.41. The van der Waals surface area contributed by atoms with Crippen molar-refractivity contribution in [1.82, 2.24) is 4.90 Å². The topological polar surface area (TPSA) is 23.5 Å². The highest BCUT2D eigenvalue weighted by Crippen LogP contribution is 2.50. The van der Waals surface area contributed by atoms with E-state index in [1.807, 2.05) is 0 Å². The molecule has 1 N–H and O–H groups in total. The van der Waals surface area contributed by atoms with E-state index < -0.39 is 8.07 Å². The molecule has 1 saturated heterocycles. The molecular formula is C20H31NOSi. The molecule has 0 amide bonds. The van der Waals surface area contributed by atoms with E-state index >= 15 is 0 Å². The highest BCUT2D eigenvalue weighted by Gasteiger charge is 2.51. The molecule has 0 radical (unpaired) electrons. The minimum Gasteiger partial charge on any atom is -0.395 e. The Morgan fingerprint density at radius 3 is 2.70 bits per heavy atom. The summed E-state index contributed by atoms with van der Waals surface area (Å²) >= 11 is 0. The molecular weight excluding hydrogens is 298 g/mol. The van der Waals surface area contributed by atoms with Gasteiger partial charge in [0, 0.05) is 24.5 Å². The van der Waals surface area contributed by atoms with Crippen LogP contribution >= 0.6 is 0 Å². The molecule has 3 heteroatoms. The molecule has 0 spiro atoms. The van der Waals surface area contributed by atoms with Gasteiger partial charge in [0.2, 0.25) is 0 Å². The lowest BCUT2D eigenvalue weighted by molar-refractivity contribution is 0.0536. The third kappa shape index (κ3) is 3.47. The number of hydrogen-bond donors (Lipinski definition) is 1. The lowest BCUT2D eigenvalue weighted by Crippen LogP contribution is -2.44. The van der Waals surface area contributed by atoms with Crippen molar-refractivity contribution in [3.8, 4) is 0 Å². The zero-order valence-electron chi connectivity index (χ0n) is 15.8. The smallest absolute Gasteiger partial charge is 0.0687 e. The quantitative estimate of drug-likeness (QED) is 0.835. The minimum atomic E-state index is -1.68. The maximum atomic E-state index is 10.4. The summed E-state index contributed by atoms with van der Waals surface area (Å²) in [6.07, 6.45) is 4.61. The van der Waals surface area contributed by atoms with Crippen molar-refractivity contribution in [3.63, 3.8) is 0 Å². The second-order valence-corrected chi connectivity index (χ2v) is 13.1. The predicted molar refractivity (Wildman–Crippen MR) is 100 cm³/mol. The maximum absolute atomic E-state index is 10.4. The van der Waals surface area contributed by atoms with E-state index in [2.05, 4.69) is 54.9 Å². The van der Waals surface area contributed by atoms with Gasteiger partial charge in [-0.05, 0) is 18.4 Å². The number of fused-ring (bicyclic) bond motifs is 1. The van der Waals surface area contributed by atoms with Crippen molar-refractivity contribution in [2.24, 2.45) is 5.41 Å². The fraction of sp³-hybridized carbons (Fsp3) is 0.600. The van der Waals surface area contributed by atoms with E-state index in [-0.39, 0.29) is 12.0 Å². The molecule has 0 bridgehead atoms. The van der Waals surface area contributed by atoms with Gasteiger partial charge in [0.05, 0.1) is 16.1 Å². The summed E-state index contributed by atoms with van der Waals surface area (Å²) in [6.45, 7) is 8.76. The summed E-state index contributed by atoms with van der Waals surface area (Å²) in [5, 5.41) is 10.4. The Balaban J connectivity index is 1.99. The molecule has 1 aliphatic heterocycles. The van der Waals surface area contributed by atoms with Crippen molar-refractivity contribution in [2.75, 3.05) is 13.2 Å². The number of nitrogens with zero attached hydrogens (tertiary/aromatic N) is 1. The zero-order chi connectivity index (χ0) is 17.4. The first kappa shape index (κ1) is 15.6. The van der Waals surface area contributed by atoms with Gasteiger partial charge in [0.1, 0.15) is 0 Å². The molecule has 2 fully saturated rings. The van der Waals surface area contributed by atoms with Gasteiger partial charge in [-0.15, -0.1) is 0 Å². The van der Waals surface area contributed by atoms with Crippen molar-refractivity contribution in [3.05, 3.63) is 47.1 Å². The third-order valence-corrected chi connectivity index (χ3v) is 6.48. The van der Waals surface area contributed by atoms with Crippen LogP contribution < -0.4 is 0 Å². The zero-order valence-corrected chi connectivity index (χ0v) is 15.8. The first-order chi connectivity index (χ1) is 11.4. The second-order valence-electron chi connectivity index (χ2n) is 8.32. The molecule has 3 rings (SSSR count). The molecule has 1 aromatic carbocycles. The first-order valence-corrected chi connectivity index (χ1v) is 12.5. The Hall–Kier alpha value is -0.903. The normalized spacial score (nSPS) is 31.7. The van der Waals surface area contributed by atoms with Gasteiger partial charge in [-0.2, -0.15) is 0 Å². The summed E-state index contributed by atoms with van der Waals surface area (Å²) in [5.41, 5.74) is 3.30. The van der Waals surface area contributed by atoms with Crippen LogP contribution in [0.1, 0.15) is 32.6 Å². The number of rotatable bonds is 4. The Bertz CT molecular complexity index is 610. The molecule has 126 valence electrons. The van der Waals surface area contributed by atoms with Gasteiger partial charge < -0.3 is 5.11 Å². The average Bonchev–Trinajstić information content (AvgIpc) is 2.89. The predicted octanol–water partition coefficient (Wildman–Crippen LogP) is 4.23. The van der Waals surface area contributed by atoms with E-state index in [4.69, 9.17) is 1.37 Å². The van der Waals surface area contributed by atoms with Gasteiger partial charge in [-0.25, -0.2) is 0 Å². The van der Waals surface area contributed by atoms with Crippen LogP contribution in [0.2, 0.25) is 19.6 Å². The molecule has 1 heterocycles. The highest BCUT2D eigenvalue weighted by molar-refractivity contribution is 6.81. The molecule has 1 aromatic rings. The summed E-state index contributed by atoms with van der Waals surface area (Å²) in [4.78, 5) is 2.54. The van der Waals surface area contributed by atoms with E-state index in [9.17, 15) is 5.11 Å². The summed E-state index contributed by atoms with van der Waals surface area (Å²) in [6, 6.07) is 11.0. The lowest BCUT2D eigenvalue weighted by atomic mass is 9.69. The van der Waals surface area contributed by atoms with Crippen molar-refractivity contribution < 1.29 is 6.48 Å². The molecule has 1 aliphatic carbocycles. The fourth-order valence-corrected chi connectivity index (χ4v) is 5.69. The minimum absolute atomic E-state index is 0.162. The monoisotopic (exact) mass is 330 g/mol. The van der Waals surface area contributed by atoms with E-state index in [1.165, 1.54) is 24.0 Å². The van der Waals surface area contributed by atoms with Crippen LogP contribution in [-0.4, -0.2) is 37.3 Å². The van der Waals surface area contributed by atoms with Crippen LogP contribution in [0.5, 0.6) is 0 Å². The van der Waals surface area contributed by atoms with Crippen molar-refractivity contribution in [2.45, 2.75) is 57.9 Å². The number of benzene rings is 1. The van der Waals surface area contributed by atoms with Crippen molar-refractivity contribution >= 4 is 8.07 Å². The molecule has 2 atom stereocenters. The Labute approximate surface area is 143 Å². The molecule has 0 aromatic heterocycles. The summed E-state index contributed by atoms with van der Waals surface area (Å²) in [7, 11) is -1.68. The van der Waals surface area contributed by atoms with Crippen LogP contribution in [0.25, 0.3) is 0 Å². The SMILES string of the molecule is [2H]/C(=C1/CN(Cc2ccccc2)[C@@H]2CCCC[C@]12CO)[Si](C)(C)C. The Morgan fingerprint density at radius 2 is 2.04 bits per heavy atom. The van der Waals surface area contributed by atoms with Crippen LogP contribution in [0.4, 0.5) is 0 Å². The molecule has 0 unspecified atom stereocenters. The standard InChI is InChI=1S/C20H31NOSi/c1-23(2,3)15-18-14-21(13-17-9-5-4-6-10-17)19-11-7-8-12-20(18,19)16-22/h4-6,9-10,15,19,22H,7-8,11-14,16H2,1-3H3/b18-15+/t19-,20+/m1/s1/i15D. The number of aliphatic hydroxyl groups is 1.